The minimum atomic E-state index is -3.11. The van der Waals surface area contributed by atoms with Gasteiger partial charge in [-0.1, -0.05) is 11.6 Å². The number of nitrogens with one attached hydrogen (secondary N) is 2. The number of nitrogens with zero attached hydrogens (tertiary/aromatic N) is 5. The van der Waals surface area contributed by atoms with E-state index in [4.69, 9.17) is 11.6 Å². The molecule has 31 heavy (non-hydrogen) atoms. The van der Waals surface area contributed by atoms with Crippen LogP contribution in [0.2, 0.25) is 5.02 Å². The minimum absolute atomic E-state index is 0.0620. The average Bonchev–Trinajstić information content (AvgIpc) is 2.79. The summed E-state index contributed by atoms with van der Waals surface area (Å²) in [5.74, 6) is -0.599. The Morgan fingerprint density at radius 2 is 2.10 bits per heavy atom. The number of halogens is 4. The molecule has 0 saturated carbocycles. The van der Waals surface area contributed by atoms with Crippen molar-refractivity contribution in [1.82, 2.24) is 25.3 Å². The van der Waals surface area contributed by atoms with Gasteiger partial charge in [0.05, 0.1) is 11.9 Å². The fourth-order valence-corrected chi connectivity index (χ4v) is 4.18. The van der Waals surface area contributed by atoms with Crippen LogP contribution in [-0.4, -0.2) is 51.7 Å². The lowest BCUT2D eigenvalue weighted by Crippen LogP contribution is -2.61. The molecular weight excluding hydrogens is 435 g/mol. The van der Waals surface area contributed by atoms with Gasteiger partial charge in [0.2, 0.25) is 5.95 Å². The number of piperazine rings is 1. The number of piperidine rings is 2. The monoisotopic (exact) mass is 451 g/mol. The van der Waals surface area contributed by atoms with Crippen molar-refractivity contribution in [1.29, 1.82) is 0 Å². The topological polar surface area (TPSA) is 88.1 Å². The molecule has 12 heteroatoms. The summed E-state index contributed by atoms with van der Waals surface area (Å²) >= 11 is 5.85. The van der Waals surface area contributed by atoms with Gasteiger partial charge in [-0.25, -0.2) is 24.3 Å². The maximum absolute atomic E-state index is 14.7. The van der Waals surface area contributed by atoms with E-state index in [1.807, 2.05) is 0 Å². The molecule has 1 aromatic carbocycles. The molecule has 0 aliphatic carbocycles. The second-order valence-corrected chi connectivity index (χ2v) is 7.74. The number of alkyl halides is 2. The summed E-state index contributed by atoms with van der Waals surface area (Å²) < 4.78 is 43.8. The van der Waals surface area contributed by atoms with Gasteiger partial charge in [0.15, 0.2) is 11.6 Å². The van der Waals surface area contributed by atoms with Gasteiger partial charge in [0.1, 0.15) is 28.1 Å². The highest BCUT2D eigenvalue weighted by atomic mass is 35.5. The maximum atomic E-state index is 14.7. The molecule has 1 unspecified atom stereocenters. The largest absolute Gasteiger partial charge is 0.433 e. The van der Waals surface area contributed by atoms with Crippen molar-refractivity contribution in [2.24, 2.45) is 0 Å². The van der Waals surface area contributed by atoms with E-state index in [0.717, 1.165) is 32.0 Å². The van der Waals surface area contributed by atoms with Crippen LogP contribution in [0.25, 0.3) is 11.0 Å². The molecule has 2 bridgehead atoms. The molecular formula is C19H17ClF3N7O. The zero-order chi connectivity index (χ0) is 21.5. The highest BCUT2D eigenvalue weighted by molar-refractivity contribution is 6.32. The van der Waals surface area contributed by atoms with Gasteiger partial charge >= 0.3 is 6.61 Å². The van der Waals surface area contributed by atoms with Crippen LogP contribution in [0, 0.1) is 5.82 Å². The number of benzene rings is 1. The Hall–Kier alpha value is -2.92. The van der Waals surface area contributed by atoms with E-state index in [1.54, 1.807) is 6.20 Å². The third kappa shape index (κ3) is 3.79. The van der Waals surface area contributed by atoms with Gasteiger partial charge in [-0.05, 0) is 25.0 Å². The molecule has 3 saturated heterocycles. The molecule has 3 aromatic rings. The van der Waals surface area contributed by atoms with Gasteiger partial charge in [-0.3, -0.25) is 0 Å². The van der Waals surface area contributed by atoms with Crippen molar-refractivity contribution >= 4 is 40.1 Å². The molecule has 2 N–H and O–H groups in total. The van der Waals surface area contributed by atoms with Crippen molar-refractivity contribution < 1.29 is 17.9 Å². The zero-order valence-electron chi connectivity index (χ0n) is 16.0. The summed E-state index contributed by atoms with van der Waals surface area (Å²) in [6.45, 7) is -1.43. The summed E-state index contributed by atoms with van der Waals surface area (Å²) in [5.41, 5.74) is 0.823. The fourth-order valence-electron chi connectivity index (χ4n) is 3.97. The predicted octanol–water partition coefficient (Wildman–Crippen LogP) is 3.50. The minimum Gasteiger partial charge on any atom is -0.433 e. The van der Waals surface area contributed by atoms with Crippen LogP contribution in [0.3, 0.4) is 0 Å². The molecule has 0 amide bonds. The Kier molecular flexibility index (Phi) is 5.14. The van der Waals surface area contributed by atoms with Gasteiger partial charge in [0.25, 0.3) is 0 Å². The lowest BCUT2D eigenvalue weighted by atomic mass is 9.93. The van der Waals surface area contributed by atoms with E-state index in [2.05, 4.69) is 40.2 Å². The first-order valence-electron chi connectivity index (χ1n) is 9.67. The van der Waals surface area contributed by atoms with Crippen molar-refractivity contribution in [3.05, 3.63) is 35.5 Å². The molecule has 0 spiro atoms. The SMILES string of the molecule is Fc1c(Nc2ncnc3cnc(N4C[C@@H]5CCC4CN5)nc23)ccc(OC(F)F)c1Cl. The number of hydrogen-bond donors (Lipinski definition) is 2. The van der Waals surface area contributed by atoms with E-state index in [-0.39, 0.29) is 11.5 Å². The normalized spacial score (nSPS) is 20.5. The van der Waals surface area contributed by atoms with Gasteiger partial charge in [-0.2, -0.15) is 8.78 Å². The van der Waals surface area contributed by atoms with Crippen molar-refractivity contribution in [2.75, 3.05) is 23.3 Å². The Balaban J connectivity index is 1.48. The second kappa shape index (κ2) is 7.97. The number of anilines is 3. The van der Waals surface area contributed by atoms with Gasteiger partial charge < -0.3 is 20.3 Å². The smallest absolute Gasteiger partial charge is 0.387 e. The Morgan fingerprint density at radius 3 is 2.81 bits per heavy atom. The molecule has 8 nitrogen and oxygen atoms in total. The first-order valence-corrected chi connectivity index (χ1v) is 10.0. The number of aromatic nitrogens is 4. The number of fused-ring (bicyclic) bond motifs is 4. The van der Waals surface area contributed by atoms with Crippen molar-refractivity contribution in [3.8, 4) is 5.75 Å². The number of rotatable bonds is 5. The summed E-state index contributed by atoms with van der Waals surface area (Å²) in [6, 6.07) is 3.10. The van der Waals surface area contributed by atoms with Crippen LogP contribution in [0.1, 0.15) is 12.8 Å². The molecule has 162 valence electrons. The molecule has 2 aromatic heterocycles. The van der Waals surface area contributed by atoms with Crippen LogP contribution in [0.4, 0.5) is 30.6 Å². The Labute approximate surface area is 179 Å². The van der Waals surface area contributed by atoms with E-state index in [0.29, 0.717) is 29.1 Å². The van der Waals surface area contributed by atoms with E-state index >= 15 is 0 Å². The molecule has 6 rings (SSSR count). The van der Waals surface area contributed by atoms with Crippen LogP contribution in [0.5, 0.6) is 5.75 Å². The zero-order valence-corrected chi connectivity index (χ0v) is 16.8. The van der Waals surface area contributed by atoms with E-state index in [9.17, 15) is 13.2 Å². The molecule has 2 atom stereocenters. The molecule has 3 fully saturated rings. The van der Waals surface area contributed by atoms with Crippen LogP contribution in [-0.2, 0) is 0 Å². The van der Waals surface area contributed by atoms with Crippen LogP contribution in [0.15, 0.2) is 24.7 Å². The van der Waals surface area contributed by atoms with Crippen molar-refractivity contribution in [2.45, 2.75) is 31.5 Å². The summed E-state index contributed by atoms with van der Waals surface area (Å²) in [6.07, 6.45) is 5.08. The molecule has 0 radical (unpaired) electrons. The standard InChI is InChI=1S/C19H17ClF3N7O/c20-14-13(31-18(22)23)4-3-11(15(14)21)28-17-16-12(26-8-27-17)6-25-19(29-16)30-7-9-1-2-10(30)5-24-9/h3-4,6,8-10,18,24H,1-2,5,7H2,(H,26,27,28)/t9-,10?/m0/s1. The summed E-state index contributed by atoms with van der Waals surface area (Å²) in [5, 5.41) is 5.75. The molecule has 3 aliphatic heterocycles. The number of ether oxygens (including phenoxy) is 1. The summed E-state index contributed by atoms with van der Waals surface area (Å²) in [7, 11) is 0. The lowest BCUT2D eigenvalue weighted by Gasteiger charge is -2.45. The third-order valence-corrected chi connectivity index (χ3v) is 5.84. The van der Waals surface area contributed by atoms with Gasteiger partial charge in [0, 0.05) is 25.2 Å². The van der Waals surface area contributed by atoms with E-state index < -0.39 is 23.2 Å². The lowest BCUT2D eigenvalue weighted by molar-refractivity contribution is -0.0499. The maximum Gasteiger partial charge on any atom is 0.387 e. The second-order valence-electron chi connectivity index (χ2n) is 7.36. The predicted molar refractivity (Wildman–Crippen MR) is 109 cm³/mol. The highest BCUT2D eigenvalue weighted by Crippen LogP contribution is 2.35. The average molecular weight is 452 g/mol. The quantitative estimate of drug-likeness (QED) is 0.609. The molecule has 3 aliphatic rings. The first kappa shape index (κ1) is 20.0. The summed E-state index contributed by atoms with van der Waals surface area (Å²) in [4.78, 5) is 19.6. The van der Waals surface area contributed by atoms with Crippen LogP contribution >= 0.6 is 11.6 Å². The number of hydrogen-bond acceptors (Lipinski definition) is 8. The van der Waals surface area contributed by atoms with E-state index in [1.165, 1.54) is 12.4 Å². The molecule has 5 heterocycles. The highest BCUT2D eigenvalue weighted by Gasteiger charge is 2.35. The van der Waals surface area contributed by atoms with Crippen molar-refractivity contribution in [3.63, 3.8) is 0 Å². The fraction of sp³-hybridized carbons (Fsp3) is 0.368. The van der Waals surface area contributed by atoms with Crippen LogP contribution < -0.4 is 20.3 Å². The van der Waals surface area contributed by atoms with Gasteiger partial charge in [-0.15, -0.1) is 0 Å². The third-order valence-electron chi connectivity index (χ3n) is 5.49. The Morgan fingerprint density at radius 1 is 1.23 bits per heavy atom. The first-order chi connectivity index (χ1) is 15.0. The Bertz CT molecular complexity index is 1130.